The first-order chi connectivity index (χ1) is 9.38. The SMILES string of the molecule is CCOOOCC.c1ccc(-c2ccccc2)cc1. The Kier molecular flexibility index (Phi) is 8.31. The average molecular weight is 260 g/mol. The molecule has 0 spiro atoms. The second-order valence-corrected chi connectivity index (χ2v) is 3.61. The van der Waals surface area contributed by atoms with E-state index in [1.807, 2.05) is 26.0 Å². The fourth-order valence-electron chi connectivity index (χ4n) is 1.39. The zero-order valence-electron chi connectivity index (χ0n) is 11.4. The smallest absolute Gasteiger partial charge is 0.0825 e. The van der Waals surface area contributed by atoms with E-state index in [4.69, 9.17) is 0 Å². The van der Waals surface area contributed by atoms with Gasteiger partial charge < -0.3 is 0 Å². The lowest BCUT2D eigenvalue weighted by atomic mass is 10.1. The Labute approximate surface area is 114 Å². The van der Waals surface area contributed by atoms with Crippen molar-refractivity contribution in [2.24, 2.45) is 0 Å². The van der Waals surface area contributed by atoms with E-state index < -0.39 is 0 Å². The standard InChI is InChI=1S/C12H10.C4H10O3/c1-3-7-11(8-4-1)12-9-5-2-6-10-12;1-3-5-7-6-4-2/h1-10H;3-4H2,1-2H3. The molecule has 0 bridgehead atoms. The monoisotopic (exact) mass is 260 g/mol. The highest BCUT2D eigenvalue weighted by Crippen LogP contribution is 2.17. The van der Waals surface area contributed by atoms with Crippen LogP contribution in [0.1, 0.15) is 13.8 Å². The van der Waals surface area contributed by atoms with Crippen molar-refractivity contribution in [3.63, 3.8) is 0 Å². The summed E-state index contributed by atoms with van der Waals surface area (Å²) in [5, 5.41) is 4.13. The zero-order chi connectivity index (χ0) is 13.8. The Bertz CT molecular complexity index is 373. The maximum Gasteiger partial charge on any atom is 0.0825 e. The summed E-state index contributed by atoms with van der Waals surface area (Å²) >= 11 is 0. The summed E-state index contributed by atoms with van der Waals surface area (Å²) in [5.41, 5.74) is 2.55. The Balaban J connectivity index is 0.000000224. The molecule has 0 aliphatic heterocycles. The molecule has 0 aliphatic rings. The first-order valence-corrected chi connectivity index (χ1v) is 6.40. The van der Waals surface area contributed by atoms with E-state index in [1.54, 1.807) is 0 Å². The van der Waals surface area contributed by atoms with Crippen LogP contribution in [-0.2, 0) is 14.8 Å². The van der Waals surface area contributed by atoms with Gasteiger partial charge in [-0.15, -0.1) is 0 Å². The minimum absolute atomic E-state index is 0.514. The normalized spacial score (nSPS) is 9.58. The van der Waals surface area contributed by atoms with Crippen LogP contribution in [0.15, 0.2) is 60.7 Å². The Morgan fingerprint density at radius 2 is 1.00 bits per heavy atom. The molecular weight excluding hydrogens is 240 g/mol. The van der Waals surface area contributed by atoms with Crippen molar-refractivity contribution in [1.82, 2.24) is 0 Å². The van der Waals surface area contributed by atoms with Crippen molar-refractivity contribution < 1.29 is 14.8 Å². The third kappa shape index (κ3) is 6.72. The second-order valence-electron chi connectivity index (χ2n) is 3.61. The molecule has 0 aromatic heterocycles. The zero-order valence-corrected chi connectivity index (χ0v) is 11.4. The van der Waals surface area contributed by atoms with Crippen molar-refractivity contribution >= 4 is 0 Å². The van der Waals surface area contributed by atoms with Crippen LogP contribution in [0.3, 0.4) is 0 Å². The van der Waals surface area contributed by atoms with Crippen molar-refractivity contribution in [2.75, 3.05) is 13.2 Å². The number of rotatable bonds is 5. The molecule has 0 saturated heterocycles. The highest BCUT2D eigenvalue weighted by atomic mass is 17.5. The van der Waals surface area contributed by atoms with Crippen LogP contribution in [0.2, 0.25) is 0 Å². The van der Waals surface area contributed by atoms with Gasteiger partial charge in [-0.1, -0.05) is 65.7 Å². The van der Waals surface area contributed by atoms with Crippen LogP contribution in [-0.4, -0.2) is 13.2 Å². The van der Waals surface area contributed by atoms with E-state index in [0.29, 0.717) is 13.2 Å². The van der Waals surface area contributed by atoms with Crippen LogP contribution in [0.5, 0.6) is 0 Å². The molecular formula is C16H20O3. The summed E-state index contributed by atoms with van der Waals surface area (Å²) in [6.45, 7) is 4.66. The maximum atomic E-state index is 4.35. The minimum atomic E-state index is 0.514. The largest absolute Gasteiger partial charge is 0.206 e. The van der Waals surface area contributed by atoms with Crippen molar-refractivity contribution in [1.29, 1.82) is 0 Å². The molecule has 0 unspecified atom stereocenters. The van der Waals surface area contributed by atoms with E-state index in [0.717, 1.165) is 0 Å². The van der Waals surface area contributed by atoms with Gasteiger partial charge in [-0.05, 0) is 25.0 Å². The molecule has 102 valence electrons. The summed E-state index contributed by atoms with van der Waals surface area (Å²) < 4.78 is 0. The van der Waals surface area contributed by atoms with Gasteiger partial charge in [-0.25, -0.2) is 9.78 Å². The number of hydrogen-bond donors (Lipinski definition) is 0. The molecule has 19 heavy (non-hydrogen) atoms. The summed E-state index contributed by atoms with van der Waals surface area (Å²) in [5.74, 6) is 0. The van der Waals surface area contributed by atoms with Gasteiger partial charge in [0.15, 0.2) is 0 Å². The van der Waals surface area contributed by atoms with Gasteiger partial charge in [0.05, 0.1) is 13.2 Å². The van der Waals surface area contributed by atoms with Crippen LogP contribution in [0, 0.1) is 0 Å². The molecule has 0 atom stereocenters. The molecule has 0 radical (unpaired) electrons. The van der Waals surface area contributed by atoms with Gasteiger partial charge in [-0.3, -0.25) is 0 Å². The van der Waals surface area contributed by atoms with Crippen molar-refractivity contribution in [3.8, 4) is 11.1 Å². The lowest BCUT2D eigenvalue weighted by Gasteiger charge is -1.98. The van der Waals surface area contributed by atoms with Gasteiger partial charge in [0.25, 0.3) is 0 Å². The highest BCUT2D eigenvalue weighted by Gasteiger charge is 1.91. The maximum absolute atomic E-state index is 4.35. The van der Waals surface area contributed by atoms with Crippen LogP contribution in [0.4, 0.5) is 0 Å². The summed E-state index contributed by atoms with van der Waals surface area (Å²) in [6.07, 6.45) is 0. The van der Waals surface area contributed by atoms with Gasteiger partial charge in [0.1, 0.15) is 0 Å². The van der Waals surface area contributed by atoms with Crippen LogP contribution in [0.25, 0.3) is 11.1 Å². The van der Waals surface area contributed by atoms with Gasteiger partial charge in [0, 0.05) is 0 Å². The lowest BCUT2D eigenvalue weighted by Crippen LogP contribution is -1.94. The van der Waals surface area contributed by atoms with Gasteiger partial charge in [0.2, 0.25) is 0 Å². The van der Waals surface area contributed by atoms with Crippen LogP contribution < -0.4 is 0 Å². The van der Waals surface area contributed by atoms with E-state index in [2.05, 4.69) is 63.3 Å². The van der Waals surface area contributed by atoms with E-state index in [9.17, 15) is 0 Å². The molecule has 2 rings (SSSR count). The summed E-state index contributed by atoms with van der Waals surface area (Å²) in [7, 11) is 0. The molecule has 0 amide bonds. The molecule has 0 heterocycles. The van der Waals surface area contributed by atoms with Crippen LogP contribution >= 0.6 is 0 Å². The second kappa shape index (κ2) is 10.3. The summed E-state index contributed by atoms with van der Waals surface area (Å²) in [6, 6.07) is 20.8. The minimum Gasteiger partial charge on any atom is -0.206 e. The predicted octanol–water partition coefficient (Wildman–Crippen LogP) is 4.26. The quantitative estimate of drug-likeness (QED) is 0.456. The fraction of sp³-hybridized carbons (Fsp3) is 0.250. The molecule has 3 heteroatoms. The fourth-order valence-corrected chi connectivity index (χ4v) is 1.39. The Morgan fingerprint density at radius 3 is 1.32 bits per heavy atom. The molecule has 0 fully saturated rings. The number of benzene rings is 2. The predicted molar refractivity (Wildman–Crippen MR) is 76.2 cm³/mol. The molecule has 0 N–H and O–H groups in total. The third-order valence-corrected chi connectivity index (χ3v) is 2.21. The first kappa shape index (κ1) is 15.4. The molecule has 3 nitrogen and oxygen atoms in total. The molecule has 2 aromatic rings. The lowest BCUT2D eigenvalue weighted by molar-refractivity contribution is -0.509. The highest BCUT2D eigenvalue weighted by molar-refractivity contribution is 5.62. The third-order valence-electron chi connectivity index (χ3n) is 2.21. The number of hydrogen-bond acceptors (Lipinski definition) is 3. The Morgan fingerprint density at radius 1 is 0.632 bits per heavy atom. The average Bonchev–Trinajstić information content (AvgIpc) is 2.50. The Hall–Kier alpha value is -1.68. The van der Waals surface area contributed by atoms with Gasteiger partial charge >= 0.3 is 0 Å². The molecule has 2 aromatic carbocycles. The first-order valence-electron chi connectivity index (χ1n) is 6.40. The van der Waals surface area contributed by atoms with E-state index >= 15 is 0 Å². The van der Waals surface area contributed by atoms with Gasteiger partial charge in [-0.2, -0.15) is 0 Å². The van der Waals surface area contributed by atoms with E-state index in [-0.39, 0.29) is 0 Å². The van der Waals surface area contributed by atoms with Crippen molar-refractivity contribution in [2.45, 2.75) is 13.8 Å². The molecule has 0 saturated carbocycles. The van der Waals surface area contributed by atoms with E-state index in [1.165, 1.54) is 11.1 Å². The molecule has 0 aliphatic carbocycles. The van der Waals surface area contributed by atoms with Crippen molar-refractivity contribution in [3.05, 3.63) is 60.7 Å². The topological polar surface area (TPSA) is 27.7 Å². The summed E-state index contributed by atoms with van der Waals surface area (Å²) in [4.78, 5) is 8.70.